The van der Waals surface area contributed by atoms with Crippen LogP contribution in [-0.4, -0.2) is 51.4 Å². The lowest BCUT2D eigenvalue weighted by Crippen LogP contribution is -2.20. The van der Waals surface area contributed by atoms with Crippen LogP contribution in [0.25, 0.3) is 0 Å². The molecule has 27 heavy (non-hydrogen) atoms. The van der Waals surface area contributed by atoms with Crippen molar-refractivity contribution in [2.75, 3.05) is 45.4 Å². The van der Waals surface area contributed by atoms with Crippen molar-refractivity contribution in [3.05, 3.63) is 60.2 Å². The van der Waals surface area contributed by atoms with E-state index in [0.717, 1.165) is 5.75 Å². The third-order valence-corrected chi connectivity index (χ3v) is 3.43. The van der Waals surface area contributed by atoms with Crippen LogP contribution < -0.4 is 10.5 Å². The maximum atomic E-state index is 11.8. The number of nitrogen functional groups attached to an aromatic ring is 1. The summed E-state index contributed by atoms with van der Waals surface area (Å²) in [5, 5.41) is 0. The quantitative estimate of drug-likeness (QED) is 0.200. The number of ether oxygens (including phenoxy) is 4. The van der Waals surface area contributed by atoms with Crippen LogP contribution in [0, 0.1) is 0 Å². The molecule has 0 bridgehead atoms. The number of Topliss-reactive ketones (excluding diaryl/α,β-unsaturated/α-hetero) is 1. The summed E-state index contributed by atoms with van der Waals surface area (Å²) in [4.78, 5) is 23.4. The lowest BCUT2D eigenvalue weighted by molar-refractivity contribution is -0.139. The number of benzene rings is 2. The predicted molar refractivity (Wildman–Crippen MR) is 99.7 cm³/mol. The predicted octanol–water partition coefficient (Wildman–Crippen LogP) is 2.11. The second kappa shape index (κ2) is 11.7. The summed E-state index contributed by atoms with van der Waals surface area (Å²) in [6, 6.07) is 15.4. The van der Waals surface area contributed by atoms with E-state index in [2.05, 4.69) is 0 Å². The normalized spacial score (nSPS) is 10.4. The van der Waals surface area contributed by atoms with E-state index in [1.165, 1.54) is 0 Å². The minimum atomic E-state index is -0.888. The number of esters is 1. The van der Waals surface area contributed by atoms with Crippen LogP contribution in [-0.2, 0) is 19.0 Å². The first-order valence-corrected chi connectivity index (χ1v) is 8.57. The molecule has 0 aliphatic heterocycles. The molecule has 2 aromatic carbocycles. The van der Waals surface area contributed by atoms with Gasteiger partial charge in [-0.05, 0) is 24.3 Å². The highest BCUT2D eigenvalue weighted by molar-refractivity contribution is 6.40. The third kappa shape index (κ3) is 7.89. The standard InChI is InChI=1S/C20H23NO6/c21-17-6-8-18(9-7-17)26-14-12-24-10-11-25-13-15-27-20(23)19(22)16-4-2-1-3-5-16/h1-9H,10-15,21H2. The largest absolute Gasteiger partial charge is 0.491 e. The maximum Gasteiger partial charge on any atom is 0.379 e. The number of hydrogen-bond acceptors (Lipinski definition) is 7. The van der Waals surface area contributed by atoms with Gasteiger partial charge in [0.1, 0.15) is 19.0 Å². The highest BCUT2D eigenvalue weighted by Gasteiger charge is 2.16. The van der Waals surface area contributed by atoms with Crippen LogP contribution in [0.15, 0.2) is 54.6 Å². The van der Waals surface area contributed by atoms with Gasteiger partial charge in [0.25, 0.3) is 5.78 Å². The molecule has 0 aromatic heterocycles. The first-order valence-electron chi connectivity index (χ1n) is 8.57. The summed E-state index contributed by atoms with van der Waals surface area (Å²) in [5.74, 6) is -0.822. The van der Waals surface area contributed by atoms with Crippen LogP contribution in [0.3, 0.4) is 0 Å². The van der Waals surface area contributed by atoms with Crippen molar-refractivity contribution >= 4 is 17.4 Å². The highest BCUT2D eigenvalue weighted by atomic mass is 16.6. The van der Waals surface area contributed by atoms with Gasteiger partial charge >= 0.3 is 5.97 Å². The Labute approximate surface area is 158 Å². The van der Waals surface area contributed by atoms with Crippen molar-refractivity contribution in [2.24, 2.45) is 0 Å². The Morgan fingerprint density at radius 1 is 0.741 bits per heavy atom. The van der Waals surface area contributed by atoms with E-state index >= 15 is 0 Å². The lowest BCUT2D eigenvalue weighted by atomic mass is 10.1. The first-order chi connectivity index (χ1) is 13.2. The number of ketones is 1. The molecule has 0 aliphatic rings. The Bertz CT molecular complexity index is 702. The molecule has 0 amide bonds. The molecule has 7 heteroatoms. The van der Waals surface area contributed by atoms with Gasteiger partial charge in [0.15, 0.2) is 0 Å². The molecular formula is C20H23NO6. The summed E-state index contributed by atoms with van der Waals surface area (Å²) < 4.78 is 21.0. The summed E-state index contributed by atoms with van der Waals surface area (Å²) in [6.45, 7) is 1.79. The second-order valence-electron chi connectivity index (χ2n) is 5.47. The molecule has 0 unspecified atom stereocenters. The van der Waals surface area contributed by atoms with Gasteiger partial charge in [0.2, 0.25) is 0 Å². The average molecular weight is 373 g/mol. The molecule has 2 rings (SSSR count). The van der Waals surface area contributed by atoms with Crippen molar-refractivity contribution in [1.29, 1.82) is 0 Å². The van der Waals surface area contributed by atoms with Crippen molar-refractivity contribution in [3.63, 3.8) is 0 Å². The molecule has 0 aliphatic carbocycles. The van der Waals surface area contributed by atoms with E-state index in [-0.39, 0.29) is 13.2 Å². The van der Waals surface area contributed by atoms with Crippen LogP contribution in [0.1, 0.15) is 10.4 Å². The number of nitrogens with two attached hydrogens (primary N) is 1. The molecule has 2 aromatic rings. The minimum absolute atomic E-state index is 0.0116. The van der Waals surface area contributed by atoms with Crippen molar-refractivity contribution in [3.8, 4) is 5.75 Å². The maximum absolute atomic E-state index is 11.8. The van der Waals surface area contributed by atoms with E-state index in [0.29, 0.717) is 37.7 Å². The Kier molecular flexibility index (Phi) is 8.82. The fourth-order valence-electron chi connectivity index (χ4n) is 2.07. The van der Waals surface area contributed by atoms with Crippen LogP contribution in [0.5, 0.6) is 5.75 Å². The van der Waals surface area contributed by atoms with Crippen molar-refractivity contribution in [1.82, 2.24) is 0 Å². The number of anilines is 1. The molecule has 0 saturated heterocycles. The topological polar surface area (TPSA) is 97.1 Å². The molecule has 7 nitrogen and oxygen atoms in total. The molecule has 2 N–H and O–H groups in total. The van der Waals surface area contributed by atoms with Gasteiger partial charge in [-0.2, -0.15) is 0 Å². The summed E-state index contributed by atoms with van der Waals surface area (Å²) in [6.07, 6.45) is 0. The Hall–Kier alpha value is -2.90. The van der Waals surface area contributed by atoms with Gasteiger partial charge in [0, 0.05) is 11.3 Å². The minimum Gasteiger partial charge on any atom is -0.491 e. The molecule has 0 heterocycles. The molecule has 0 atom stereocenters. The van der Waals surface area contributed by atoms with Crippen LogP contribution >= 0.6 is 0 Å². The van der Waals surface area contributed by atoms with Gasteiger partial charge in [-0.3, -0.25) is 4.79 Å². The Morgan fingerprint density at radius 2 is 1.33 bits per heavy atom. The van der Waals surface area contributed by atoms with E-state index in [9.17, 15) is 9.59 Å². The molecule has 144 valence electrons. The van der Waals surface area contributed by atoms with E-state index in [1.807, 2.05) is 0 Å². The van der Waals surface area contributed by atoms with E-state index < -0.39 is 11.8 Å². The SMILES string of the molecule is Nc1ccc(OCCOCCOCCOC(=O)C(=O)c2ccccc2)cc1. The smallest absolute Gasteiger partial charge is 0.379 e. The number of rotatable bonds is 12. The first kappa shape index (κ1) is 20.4. The third-order valence-electron chi connectivity index (χ3n) is 3.43. The molecule has 0 saturated carbocycles. The Morgan fingerprint density at radius 3 is 2.00 bits per heavy atom. The van der Waals surface area contributed by atoms with Gasteiger partial charge in [0.05, 0.1) is 26.4 Å². The molecule has 0 fully saturated rings. The summed E-state index contributed by atoms with van der Waals surface area (Å²) >= 11 is 0. The van der Waals surface area contributed by atoms with Crippen molar-refractivity contribution < 1.29 is 28.5 Å². The summed E-state index contributed by atoms with van der Waals surface area (Å²) in [7, 11) is 0. The monoisotopic (exact) mass is 373 g/mol. The van der Waals surface area contributed by atoms with E-state index in [4.69, 9.17) is 24.7 Å². The zero-order valence-corrected chi connectivity index (χ0v) is 15.0. The molecular weight excluding hydrogens is 350 g/mol. The summed E-state index contributed by atoms with van der Waals surface area (Å²) in [5.41, 5.74) is 6.58. The zero-order chi connectivity index (χ0) is 19.3. The zero-order valence-electron chi connectivity index (χ0n) is 15.0. The Balaban J connectivity index is 1.44. The number of carbonyl (C=O) groups excluding carboxylic acids is 2. The van der Waals surface area contributed by atoms with Crippen LogP contribution in [0.2, 0.25) is 0 Å². The fourth-order valence-corrected chi connectivity index (χ4v) is 2.07. The van der Waals surface area contributed by atoms with Gasteiger partial charge < -0.3 is 24.7 Å². The lowest BCUT2D eigenvalue weighted by Gasteiger charge is -2.08. The molecule has 0 spiro atoms. The molecule has 0 radical (unpaired) electrons. The van der Waals surface area contributed by atoms with E-state index in [1.54, 1.807) is 54.6 Å². The van der Waals surface area contributed by atoms with Gasteiger partial charge in [-0.1, -0.05) is 30.3 Å². The number of hydrogen-bond donors (Lipinski definition) is 1. The van der Waals surface area contributed by atoms with Gasteiger partial charge in [-0.15, -0.1) is 0 Å². The fraction of sp³-hybridized carbons (Fsp3) is 0.300. The van der Waals surface area contributed by atoms with Crippen LogP contribution in [0.4, 0.5) is 5.69 Å². The van der Waals surface area contributed by atoms with Gasteiger partial charge in [-0.25, -0.2) is 4.79 Å². The highest BCUT2D eigenvalue weighted by Crippen LogP contribution is 2.12. The van der Waals surface area contributed by atoms with Crippen molar-refractivity contribution in [2.45, 2.75) is 0 Å². The second-order valence-corrected chi connectivity index (χ2v) is 5.47. The average Bonchev–Trinajstić information content (AvgIpc) is 2.70. The number of carbonyl (C=O) groups is 2.